The average Bonchev–Trinajstić information content (AvgIpc) is 2.71. The van der Waals surface area contributed by atoms with Crippen molar-refractivity contribution in [1.29, 1.82) is 0 Å². The maximum atomic E-state index is 11.3. The Morgan fingerprint density at radius 1 is 1.00 bits per heavy atom. The molecule has 33 heavy (non-hydrogen) atoms. The number of benzene rings is 2. The molecule has 0 spiro atoms. The first-order valence-electron chi connectivity index (χ1n) is 8.84. The van der Waals surface area contributed by atoms with Crippen LogP contribution >= 0.6 is 0 Å². The first-order valence-corrected chi connectivity index (χ1v) is 11.3. The van der Waals surface area contributed by atoms with Gasteiger partial charge in [-0.05, 0) is 42.8 Å². The SMILES string of the molecule is Cc1nc(NCc2ccc(C(=O)O)cc2)nc(Nc2cccc(S(=O)(=O)O)c2)n1.O=S(=O)=O. The summed E-state index contributed by atoms with van der Waals surface area (Å²) in [6, 6.07) is 12.0. The summed E-state index contributed by atoms with van der Waals surface area (Å²) >= 11 is 0. The van der Waals surface area contributed by atoms with Gasteiger partial charge in [0.15, 0.2) is 0 Å². The number of nitrogens with zero attached hydrogens (tertiary/aromatic N) is 3. The molecule has 0 aliphatic rings. The average molecular weight is 495 g/mol. The lowest BCUT2D eigenvalue weighted by Gasteiger charge is -2.10. The monoisotopic (exact) mass is 495 g/mol. The molecule has 13 nitrogen and oxygen atoms in total. The Labute approximate surface area is 189 Å². The lowest BCUT2D eigenvalue weighted by Crippen LogP contribution is -2.09. The number of aromatic carboxylic acids is 1. The molecule has 1 aromatic heterocycles. The van der Waals surface area contributed by atoms with E-state index in [1.54, 1.807) is 25.1 Å². The number of aryl methyl sites for hydroxylation is 1. The van der Waals surface area contributed by atoms with Crippen LogP contribution in [0.5, 0.6) is 0 Å². The Bertz CT molecular complexity index is 1360. The predicted octanol–water partition coefficient (Wildman–Crippen LogP) is 1.48. The highest BCUT2D eigenvalue weighted by Gasteiger charge is 2.11. The summed E-state index contributed by atoms with van der Waals surface area (Å²) in [6.07, 6.45) is 0. The highest BCUT2D eigenvalue weighted by atomic mass is 32.2. The molecule has 0 aliphatic heterocycles. The molecule has 15 heteroatoms. The highest BCUT2D eigenvalue weighted by Crippen LogP contribution is 2.19. The van der Waals surface area contributed by atoms with Crippen molar-refractivity contribution in [2.45, 2.75) is 18.4 Å². The first-order chi connectivity index (χ1) is 15.4. The molecule has 1 heterocycles. The molecule has 0 unspecified atom stereocenters. The van der Waals surface area contributed by atoms with Gasteiger partial charge < -0.3 is 15.7 Å². The summed E-state index contributed by atoms with van der Waals surface area (Å²) in [4.78, 5) is 23.2. The fraction of sp³-hybridized carbons (Fsp3) is 0.111. The molecule has 0 amide bonds. The maximum Gasteiger partial charge on any atom is 0.425 e. The Morgan fingerprint density at radius 2 is 1.61 bits per heavy atom. The van der Waals surface area contributed by atoms with Crippen LogP contribution in [-0.4, -0.2) is 51.6 Å². The van der Waals surface area contributed by atoms with Crippen LogP contribution in [0.3, 0.4) is 0 Å². The topological polar surface area (TPSA) is 206 Å². The normalized spacial score (nSPS) is 10.5. The Balaban J connectivity index is 0.000000890. The number of nitrogens with one attached hydrogen (secondary N) is 2. The fourth-order valence-corrected chi connectivity index (χ4v) is 2.95. The zero-order chi connectivity index (χ0) is 24.6. The molecule has 0 bridgehead atoms. The minimum atomic E-state index is -4.32. The van der Waals surface area contributed by atoms with Crippen LogP contribution in [0.15, 0.2) is 53.4 Å². The number of aromatic nitrogens is 3. The zero-order valence-electron chi connectivity index (χ0n) is 16.8. The van der Waals surface area contributed by atoms with Gasteiger partial charge in [0, 0.05) is 12.2 Å². The van der Waals surface area contributed by atoms with Crippen molar-refractivity contribution < 1.29 is 35.5 Å². The number of rotatable bonds is 7. The largest absolute Gasteiger partial charge is 0.478 e. The van der Waals surface area contributed by atoms with Crippen LogP contribution in [0, 0.1) is 6.92 Å². The summed E-state index contributed by atoms with van der Waals surface area (Å²) in [6.45, 7) is 2.04. The van der Waals surface area contributed by atoms with E-state index in [0.29, 0.717) is 18.1 Å². The van der Waals surface area contributed by atoms with E-state index in [0.717, 1.165) is 5.56 Å². The number of carbonyl (C=O) groups is 1. The molecule has 2 aromatic carbocycles. The van der Waals surface area contributed by atoms with Crippen molar-refractivity contribution in [2.24, 2.45) is 0 Å². The second kappa shape index (κ2) is 11.1. The van der Waals surface area contributed by atoms with Gasteiger partial charge in [0.05, 0.1) is 10.5 Å². The van der Waals surface area contributed by atoms with Crippen molar-refractivity contribution >= 4 is 44.3 Å². The number of carboxylic acid groups (broad SMARTS) is 1. The van der Waals surface area contributed by atoms with E-state index < -0.39 is 26.7 Å². The summed E-state index contributed by atoms with van der Waals surface area (Å²) in [5, 5.41) is 14.8. The van der Waals surface area contributed by atoms with Crippen LogP contribution < -0.4 is 10.6 Å². The fourth-order valence-electron chi connectivity index (χ4n) is 2.43. The second-order valence-corrected chi connectivity index (χ2v) is 8.05. The van der Waals surface area contributed by atoms with E-state index in [-0.39, 0.29) is 22.4 Å². The Kier molecular flexibility index (Phi) is 8.49. The molecule has 0 fully saturated rings. The van der Waals surface area contributed by atoms with Gasteiger partial charge in [-0.25, -0.2) is 4.79 Å². The van der Waals surface area contributed by atoms with Gasteiger partial charge in [-0.15, -0.1) is 12.6 Å². The molecule has 0 aliphatic carbocycles. The van der Waals surface area contributed by atoms with Crippen molar-refractivity contribution in [3.8, 4) is 0 Å². The zero-order valence-corrected chi connectivity index (χ0v) is 18.5. The predicted molar refractivity (Wildman–Crippen MR) is 115 cm³/mol. The van der Waals surface area contributed by atoms with Gasteiger partial charge in [-0.2, -0.15) is 23.4 Å². The van der Waals surface area contributed by atoms with Gasteiger partial charge in [0.25, 0.3) is 10.1 Å². The van der Waals surface area contributed by atoms with Gasteiger partial charge in [-0.3, -0.25) is 4.55 Å². The van der Waals surface area contributed by atoms with Crippen LogP contribution in [0.25, 0.3) is 0 Å². The third kappa shape index (κ3) is 8.60. The van der Waals surface area contributed by atoms with Crippen LogP contribution in [0.1, 0.15) is 21.7 Å². The summed E-state index contributed by atoms with van der Waals surface area (Å²) in [5.74, 6) is -0.0921. The molecule has 0 radical (unpaired) electrons. The van der Waals surface area contributed by atoms with Crippen LogP contribution in [-0.2, 0) is 27.3 Å². The van der Waals surface area contributed by atoms with Crippen molar-refractivity contribution in [2.75, 3.05) is 10.6 Å². The van der Waals surface area contributed by atoms with Gasteiger partial charge in [-0.1, -0.05) is 18.2 Å². The highest BCUT2D eigenvalue weighted by molar-refractivity contribution is 7.85. The molecular weight excluding hydrogens is 478 g/mol. The van der Waals surface area contributed by atoms with E-state index in [2.05, 4.69) is 25.6 Å². The molecule has 0 saturated heterocycles. The third-order valence-corrected chi connectivity index (χ3v) is 4.64. The molecular formula is C18H17N5O8S2. The number of hydrogen-bond acceptors (Lipinski definition) is 11. The van der Waals surface area contributed by atoms with Crippen LogP contribution in [0.2, 0.25) is 0 Å². The molecule has 0 saturated carbocycles. The number of anilines is 3. The summed E-state index contributed by atoms with van der Waals surface area (Å²) in [7, 11) is -7.44. The lowest BCUT2D eigenvalue weighted by molar-refractivity contribution is 0.0697. The van der Waals surface area contributed by atoms with Crippen molar-refractivity contribution in [3.05, 3.63) is 65.5 Å². The summed E-state index contributed by atoms with van der Waals surface area (Å²) < 4.78 is 57.0. The molecule has 0 atom stereocenters. The second-order valence-electron chi connectivity index (χ2n) is 6.22. The smallest absolute Gasteiger partial charge is 0.425 e. The van der Waals surface area contributed by atoms with E-state index in [4.69, 9.17) is 22.3 Å². The van der Waals surface area contributed by atoms with Crippen LogP contribution in [0.4, 0.5) is 17.6 Å². The molecule has 174 valence electrons. The lowest BCUT2D eigenvalue weighted by atomic mass is 10.1. The Morgan fingerprint density at radius 3 is 2.18 bits per heavy atom. The Hall–Kier alpha value is -3.95. The van der Waals surface area contributed by atoms with Gasteiger partial charge in [0.1, 0.15) is 5.82 Å². The minimum absolute atomic E-state index is 0.189. The molecule has 3 rings (SSSR count). The van der Waals surface area contributed by atoms with Gasteiger partial charge >= 0.3 is 16.6 Å². The number of carboxylic acids is 1. The van der Waals surface area contributed by atoms with E-state index in [9.17, 15) is 13.2 Å². The van der Waals surface area contributed by atoms with E-state index in [1.807, 2.05) is 0 Å². The van der Waals surface area contributed by atoms with Crippen molar-refractivity contribution in [3.63, 3.8) is 0 Å². The number of hydrogen-bond donors (Lipinski definition) is 4. The van der Waals surface area contributed by atoms with E-state index >= 15 is 0 Å². The summed E-state index contributed by atoms with van der Waals surface area (Å²) in [5.41, 5.74) is 1.41. The van der Waals surface area contributed by atoms with Gasteiger partial charge in [0.2, 0.25) is 11.9 Å². The first kappa shape index (κ1) is 25.3. The molecule has 3 aromatic rings. The standard InChI is InChI=1S/C18H17N5O5S.O3S/c1-11-20-17(19-10-12-5-7-13(8-6-12)16(24)25)23-18(21-11)22-14-3-2-4-15(9-14)29(26,27)28;1-4(2)3/h2-9H,10H2,1H3,(H,24,25)(H,26,27,28)(H2,19,20,21,22,23);. The minimum Gasteiger partial charge on any atom is -0.478 e. The van der Waals surface area contributed by atoms with Crippen molar-refractivity contribution in [1.82, 2.24) is 15.0 Å². The van der Waals surface area contributed by atoms with E-state index in [1.165, 1.54) is 30.3 Å². The quantitative estimate of drug-likeness (QED) is 0.343. The third-order valence-electron chi connectivity index (χ3n) is 3.79. The molecule has 4 N–H and O–H groups in total. The maximum absolute atomic E-state index is 11.3.